The Morgan fingerprint density at radius 2 is 2.00 bits per heavy atom. The predicted molar refractivity (Wildman–Crippen MR) is 83.3 cm³/mol. The first-order valence-electron chi connectivity index (χ1n) is 6.15. The van der Waals surface area contributed by atoms with Crippen molar-refractivity contribution in [2.75, 3.05) is 4.72 Å². The van der Waals surface area contributed by atoms with E-state index in [1.54, 1.807) is 10.6 Å². The second-order valence-electron chi connectivity index (χ2n) is 4.34. The summed E-state index contributed by atoms with van der Waals surface area (Å²) >= 11 is 11.8. The van der Waals surface area contributed by atoms with E-state index in [-0.39, 0.29) is 22.2 Å². The minimum atomic E-state index is -3.80. The van der Waals surface area contributed by atoms with Gasteiger partial charge in [0.15, 0.2) is 0 Å². The Labute approximate surface area is 133 Å². The number of nitrogens with one attached hydrogen (secondary N) is 1. The minimum Gasteiger partial charge on any atom is -0.390 e. The molecular weight excluding hydrogens is 335 g/mol. The van der Waals surface area contributed by atoms with Crippen LogP contribution in [0.5, 0.6) is 0 Å². The van der Waals surface area contributed by atoms with E-state index in [2.05, 4.69) is 4.72 Å². The van der Waals surface area contributed by atoms with E-state index in [9.17, 15) is 13.5 Å². The van der Waals surface area contributed by atoms with Gasteiger partial charge in [-0.2, -0.15) is 0 Å². The molecule has 2 N–H and O–H groups in total. The molecule has 0 unspecified atom stereocenters. The zero-order chi connectivity index (χ0) is 15.6. The van der Waals surface area contributed by atoms with Crippen LogP contribution in [0, 0.1) is 0 Å². The van der Waals surface area contributed by atoms with Gasteiger partial charge < -0.3 is 9.67 Å². The minimum absolute atomic E-state index is 0.0597. The topological polar surface area (TPSA) is 71.3 Å². The quantitative estimate of drug-likeness (QED) is 0.871. The van der Waals surface area contributed by atoms with Crippen LogP contribution in [0.1, 0.15) is 12.6 Å². The second-order valence-corrected chi connectivity index (χ2v) is 6.87. The maximum atomic E-state index is 12.4. The van der Waals surface area contributed by atoms with Crippen LogP contribution in [-0.4, -0.2) is 18.1 Å². The van der Waals surface area contributed by atoms with E-state index in [0.29, 0.717) is 17.3 Å². The maximum Gasteiger partial charge on any atom is 0.263 e. The number of benzene rings is 1. The van der Waals surface area contributed by atoms with Gasteiger partial charge >= 0.3 is 0 Å². The third kappa shape index (κ3) is 3.52. The van der Waals surface area contributed by atoms with Gasteiger partial charge in [-0.15, -0.1) is 0 Å². The van der Waals surface area contributed by atoms with Crippen molar-refractivity contribution in [3.8, 4) is 0 Å². The average molecular weight is 349 g/mol. The van der Waals surface area contributed by atoms with Gasteiger partial charge in [0.05, 0.1) is 17.3 Å². The highest BCUT2D eigenvalue weighted by Crippen LogP contribution is 2.28. The lowest BCUT2D eigenvalue weighted by atomic mass is 10.3. The summed E-state index contributed by atoms with van der Waals surface area (Å²) in [5.74, 6) is 0. The molecule has 0 radical (unpaired) electrons. The number of aliphatic hydroxyl groups is 1. The summed E-state index contributed by atoms with van der Waals surface area (Å²) in [4.78, 5) is 0.0597. The molecule has 21 heavy (non-hydrogen) atoms. The zero-order valence-corrected chi connectivity index (χ0v) is 13.5. The molecular formula is C13H14Cl2N2O3S. The predicted octanol–water partition coefficient (Wildman–Crippen LogP) is 3.11. The van der Waals surface area contributed by atoms with E-state index in [1.165, 1.54) is 24.4 Å². The monoisotopic (exact) mass is 348 g/mol. The number of halogens is 2. The van der Waals surface area contributed by atoms with Crippen LogP contribution in [0.15, 0.2) is 35.4 Å². The van der Waals surface area contributed by atoms with Crippen molar-refractivity contribution >= 4 is 38.9 Å². The molecule has 0 spiro atoms. The smallest absolute Gasteiger partial charge is 0.263 e. The molecule has 8 heteroatoms. The van der Waals surface area contributed by atoms with Crippen molar-refractivity contribution in [1.29, 1.82) is 0 Å². The number of sulfonamides is 1. The van der Waals surface area contributed by atoms with Gasteiger partial charge in [-0.05, 0) is 31.2 Å². The normalized spacial score (nSPS) is 11.6. The first kappa shape index (κ1) is 16.2. The Balaban J connectivity index is 2.38. The van der Waals surface area contributed by atoms with Gasteiger partial charge in [0.1, 0.15) is 4.90 Å². The number of hydrogen-bond acceptors (Lipinski definition) is 3. The summed E-state index contributed by atoms with van der Waals surface area (Å²) in [6.07, 6.45) is 1.46. The molecule has 0 atom stereocenters. The lowest BCUT2D eigenvalue weighted by molar-refractivity contribution is 0.271. The van der Waals surface area contributed by atoms with Crippen LogP contribution in [0.3, 0.4) is 0 Å². The fourth-order valence-corrected chi connectivity index (χ4v) is 3.40. The highest BCUT2D eigenvalue weighted by atomic mass is 35.5. The molecule has 114 valence electrons. The van der Waals surface area contributed by atoms with Crippen LogP contribution in [0.2, 0.25) is 10.0 Å². The number of aliphatic hydroxyl groups excluding tert-OH is 1. The summed E-state index contributed by atoms with van der Waals surface area (Å²) in [7, 11) is -3.80. The summed E-state index contributed by atoms with van der Waals surface area (Å²) in [5.41, 5.74) is 0.731. The number of aryl methyl sites for hydroxylation is 1. The van der Waals surface area contributed by atoms with E-state index in [0.717, 1.165) is 0 Å². The van der Waals surface area contributed by atoms with Gasteiger partial charge in [0.25, 0.3) is 10.0 Å². The summed E-state index contributed by atoms with van der Waals surface area (Å²) in [5, 5.41) is 9.85. The molecule has 1 aromatic carbocycles. The molecule has 0 bridgehead atoms. The molecule has 2 rings (SSSR count). The average Bonchev–Trinajstić information content (AvgIpc) is 2.86. The lowest BCUT2D eigenvalue weighted by Gasteiger charge is -2.08. The molecule has 0 fully saturated rings. The van der Waals surface area contributed by atoms with E-state index < -0.39 is 10.0 Å². The third-order valence-corrected chi connectivity index (χ3v) is 4.84. The summed E-state index contributed by atoms with van der Waals surface area (Å²) < 4.78 is 28.8. The maximum absolute atomic E-state index is 12.4. The Bertz CT molecular complexity index is 735. The summed E-state index contributed by atoms with van der Waals surface area (Å²) in [6, 6.07) is 5.94. The molecule has 5 nitrogen and oxygen atoms in total. The number of rotatable bonds is 5. The van der Waals surface area contributed by atoms with Crippen LogP contribution >= 0.6 is 23.2 Å². The molecule has 0 aliphatic heterocycles. The van der Waals surface area contributed by atoms with Crippen LogP contribution in [0.4, 0.5) is 5.69 Å². The fourth-order valence-electron chi connectivity index (χ4n) is 1.88. The molecule has 0 saturated heterocycles. The molecule has 1 aromatic heterocycles. The third-order valence-electron chi connectivity index (χ3n) is 2.95. The molecule has 0 amide bonds. The SMILES string of the molecule is CCn1cc(S(=O)(=O)Nc2cc(Cl)ccc2Cl)cc1CO. The first-order chi connectivity index (χ1) is 9.87. The van der Waals surface area contributed by atoms with Crippen molar-refractivity contribution in [2.24, 2.45) is 0 Å². The Morgan fingerprint density at radius 3 is 2.57 bits per heavy atom. The van der Waals surface area contributed by atoms with Crippen molar-refractivity contribution in [2.45, 2.75) is 25.0 Å². The number of hydrogen-bond donors (Lipinski definition) is 2. The Morgan fingerprint density at radius 1 is 1.29 bits per heavy atom. The highest BCUT2D eigenvalue weighted by Gasteiger charge is 2.19. The summed E-state index contributed by atoms with van der Waals surface area (Å²) in [6.45, 7) is 2.18. The van der Waals surface area contributed by atoms with Crippen LogP contribution < -0.4 is 4.72 Å². The van der Waals surface area contributed by atoms with Gasteiger partial charge in [-0.3, -0.25) is 4.72 Å². The van der Waals surface area contributed by atoms with Crippen LogP contribution in [0.25, 0.3) is 0 Å². The van der Waals surface area contributed by atoms with Crippen molar-refractivity contribution < 1.29 is 13.5 Å². The van der Waals surface area contributed by atoms with Gasteiger partial charge in [-0.1, -0.05) is 23.2 Å². The van der Waals surface area contributed by atoms with Crippen LogP contribution in [-0.2, 0) is 23.2 Å². The Kier molecular flexibility index (Phi) is 4.83. The van der Waals surface area contributed by atoms with E-state index >= 15 is 0 Å². The van der Waals surface area contributed by atoms with E-state index in [4.69, 9.17) is 23.2 Å². The van der Waals surface area contributed by atoms with Gasteiger partial charge in [0, 0.05) is 23.5 Å². The number of nitrogens with zero attached hydrogens (tertiary/aromatic N) is 1. The molecule has 0 aliphatic rings. The fraction of sp³-hybridized carbons (Fsp3) is 0.231. The lowest BCUT2D eigenvalue weighted by Crippen LogP contribution is -2.12. The number of anilines is 1. The van der Waals surface area contributed by atoms with Crippen molar-refractivity contribution in [3.05, 3.63) is 46.2 Å². The molecule has 1 heterocycles. The molecule has 2 aromatic rings. The first-order valence-corrected chi connectivity index (χ1v) is 8.39. The molecule has 0 saturated carbocycles. The number of aromatic nitrogens is 1. The zero-order valence-electron chi connectivity index (χ0n) is 11.2. The van der Waals surface area contributed by atoms with Crippen molar-refractivity contribution in [3.63, 3.8) is 0 Å². The van der Waals surface area contributed by atoms with E-state index in [1.807, 2.05) is 6.92 Å². The Hall–Kier alpha value is -1.21. The van der Waals surface area contributed by atoms with Gasteiger partial charge in [0.2, 0.25) is 0 Å². The highest BCUT2D eigenvalue weighted by molar-refractivity contribution is 7.92. The standard InChI is InChI=1S/C13H14Cl2N2O3S/c1-2-17-7-11(6-10(17)8-18)21(19,20)16-13-5-9(14)3-4-12(13)15/h3-7,16,18H,2,8H2,1H3. The molecule has 0 aliphatic carbocycles. The second kappa shape index (κ2) is 6.27. The van der Waals surface area contributed by atoms with Gasteiger partial charge in [-0.25, -0.2) is 8.42 Å². The largest absolute Gasteiger partial charge is 0.390 e. The van der Waals surface area contributed by atoms with Crippen molar-refractivity contribution in [1.82, 2.24) is 4.57 Å².